The maximum atomic E-state index is 12.7. The number of hydrogen-bond acceptors (Lipinski definition) is 6. The predicted molar refractivity (Wildman–Crippen MR) is 102 cm³/mol. The second-order valence-electron chi connectivity index (χ2n) is 6.51. The summed E-state index contributed by atoms with van der Waals surface area (Å²) >= 11 is 0. The van der Waals surface area contributed by atoms with Crippen LogP contribution in [-0.4, -0.2) is 54.7 Å². The standard InChI is InChI=1S/C19H18N4O4S/c1-23(15-7-9-28(26,27)12-15)19(25)13-6-8-21-17(10-13)18(24)22-16-5-3-2-4-14(16)11-20/h2-6,8,10,15H,7,9,12H2,1H3,(H,22,24). The van der Waals surface area contributed by atoms with Gasteiger partial charge in [0.15, 0.2) is 9.84 Å². The molecule has 0 aliphatic carbocycles. The first-order chi connectivity index (χ1) is 13.3. The van der Waals surface area contributed by atoms with E-state index in [0.717, 1.165) is 0 Å². The minimum atomic E-state index is -3.12. The Morgan fingerprint density at radius 2 is 2.04 bits per heavy atom. The average molecular weight is 398 g/mol. The number of nitrogens with one attached hydrogen (secondary N) is 1. The Morgan fingerprint density at radius 3 is 2.71 bits per heavy atom. The summed E-state index contributed by atoms with van der Waals surface area (Å²) in [5.41, 5.74) is 0.915. The van der Waals surface area contributed by atoms with Gasteiger partial charge in [0.1, 0.15) is 11.8 Å². The first-order valence-electron chi connectivity index (χ1n) is 8.55. The smallest absolute Gasteiger partial charge is 0.274 e. The van der Waals surface area contributed by atoms with E-state index in [1.165, 1.54) is 23.2 Å². The van der Waals surface area contributed by atoms with Crippen molar-refractivity contribution in [3.8, 4) is 6.07 Å². The average Bonchev–Trinajstić information content (AvgIpc) is 3.07. The van der Waals surface area contributed by atoms with E-state index in [1.807, 2.05) is 6.07 Å². The van der Waals surface area contributed by atoms with E-state index in [2.05, 4.69) is 10.3 Å². The molecule has 1 N–H and O–H groups in total. The van der Waals surface area contributed by atoms with Crippen molar-refractivity contribution in [2.45, 2.75) is 12.5 Å². The molecule has 2 aromatic rings. The molecule has 2 amide bonds. The monoisotopic (exact) mass is 398 g/mol. The highest BCUT2D eigenvalue weighted by molar-refractivity contribution is 7.91. The molecular formula is C19H18N4O4S. The minimum Gasteiger partial charge on any atom is -0.338 e. The SMILES string of the molecule is CN(C(=O)c1ccnc(C(=O)Nc2ccccc2C#N)c1)C1CCS(=O)(=O)C1. The van der Waals surface area contributed by atoms with Gasteiger partial charge in [-0.1, -0.05) is 12.1 Å². The van der Waals surface area contributed by atoms with Crippen molar-refractivity contribution in [3.05, 3.63) is 59.4 Å². The first kappa shape index (κ1) is 19.5. The van der Waals surface area contributed by atoms with Gasteiger partial charge in [-0.2, -0.15) is 5.26 Å². The van der Waals surface area contributed by atoms with Gasteiger partial charge in [-0.3, -0.25) is 14.6 Å². The maximum absolute atomic E-state index is 12.7. The van der Waals surface area contributed by atoms with E-state index in [1.54, 1.807) is 31.3 Å². The Bertz CT molecular complexity index is 1080. The number of sulfone groups is 1. The Morgan fingerprint density at radius 1 is 1.29 bits per heavy atom. The summed E-state index contributed by atoms with van der Waals surface area (Å²) in [5.74, 6) is -0.921. The Balaban J connectivity index is 1.77. The molecule has 8 nitrogen and oxygen atoms in total. The lowest BCUT2D eigenvalue weighted by molar-refractivity contribution is 0.0747. The van der Waals surface area contributed by atoms with Crippen LogP contribution in [0.1, 0.15) is 32.8 Å². The van der Waals surface area contributed by atoms with Crippen LogP contribution in [0, 0.1) is 11.3 Å². The zero-order valence-corrected chi connectivity index (χ0v) is 15.9. The van der Waals surface area contributed by atoms with Crippen molar-refractivity contribution in [2.24, 2.45) is 0 Å². The molecule has 1 saturated heterocycles. The molecule has 1 aliphatic heterocycles. The fourth-order valence-corrected chi connectivity index (χ4v) is 4.79. The van der Waals surface area contributed by atoms with Crippen LogP contribution < -0.4 is 5.32 Å². The molecule has 1 aromatic carbocycles. The fourth-order valence-electron chi connectivity index (χ4n) is 3.01. The van der Waals surface area contributed by atoms with Crippen LogP contribution >= 0.6 is 0 Å². The highest BCUT2D eigenvalue weighted by Crippen LogP contribution is 2.19. The Kier molecular flexibility index (Phi) is 5.42. The second kappa shape index (κ2) is 7.78. The van der Waals surface area contributed by atoms with Crippen LogP contribution in [0.4, 0.5) is 5.69 Å². The van der Waals surface area contributed by atoms with E-state index >= 15 is 0 Å². The summed E-state index contributed by atoms with van der Waals surface area (Å²) in [7, 11) is -1.56. The van der Waals surface area contributed by atoms with Gasteiger partial charge in [0, 0.05) is 24.8 Å². The van der Waals surface area contributed by atoms with E-state index < -0.39 is 15.7 Å². The Hall–Kier alpha value is -3.25. The molecule has 1 atom stereocenters. The number of amides is 2. The van der Waals surface area contributed by atoms with Crippen LogP contribution in [0.15, 0.2) is 42.6 Å². The lowest BCUT2D eigenvalue weighted by atomic mass is 10.1. The molecule has 144 valence electrons. The third-order valence-corrected chi connectivity index (χ3v) is 6.36. The van der Waals surface area contributed by atoms with E-state index in [-0.39, 0.29) is 34.7 Å². The van der Waals surface area contributed by atoms with Gasteiger partial charge in [-0.25, -0.2) is 8.42 Å². The topological polar surface area (TPSA) is 120 Å². The number of benzene rings is 1. The number of aromatic nitrogens is 1. The summed E-state index contributed by atoms with van der Waals surface area (Å²) in [5, 5.41) is 11.7. The van der Waals surface area contributed by atoms with Gasteiger partial charge in [-0.15, -0.1) is 0 Å². The van der Waals surface area contributed by atoms with Gasteiger partial charge in [0.25, 0.3) is 11.8 Å². The lowest BCUT2D eigenvalue weighted by Gasteiger charge is -2.23. The molecule has 1 aliphatic rings. The normalized spacial score (nSPS) is 17.5. The highest BCUT2D eigenvalue weighted by Gasteiger charge is 2.33. The molecule has 0 radical (unpaired) electrons. The van der Waals surface area contributed by atoms with Crippen molar-refractivity contribution >= 4 is 27.3 Å². The van der Waals surface area contributed by atoms with Gasteiger partial charge in [0.2, 0.25) is 0 Å². The quantitative estimate of drug-likeness (QED) is 0.832. The number of para-hydroxylation sites is 1. The number of rotatable bonds is 4. The zero-order chi connectivity index (χ0) is 20.3. The first-order valence-corrected chi connectivity index (χ1v) is 10.4. The van der Waals surface area contributed by atoms with Crippen molar-refractivity contribution in [2.75, 3.05) is 23.9 Å². The highest BCUT2D eigenvalue weighted by atomic mass is 32.2. The zero-order valence-electron chi connectivity index (χ0n) is 15.1. The summed E-state index contributed by atoms with van der Waals surface area (Å²) in [6, 6.07) is 11.0. The molecule has 0 saturated carbocycles. The number of anilines is 1. The van der Waals surface area contributed by atoms with Gasteiger partial charge in [0.05, 0.1) is 22.8 Å². The Labute approximate surface area is 162 Å². The molecule has 9 heteroatoms. The summed E-state index contributed by atoms with van der Waals surface area (Å²) in [6.07, 6.45) is 1.74. The molecular weight excluding hydrogens is 380 g/mol. The summed E-state index contributed by atoms with van der Waals surface area (Å²) < 4.78 is 23.3. The lowest BCUT2D eigenvalue weighted by Crippen LogP contribution is -2.38. The van der Waals surface area contributed by atoms with Gasteiger partial charge < -0.3 is 10.2 Å². The van der Waals surface area contributed by atoms with Crippen molar-refractivity contribution < 1.29 is 18.0 Å². The minimum absolute atomic E-state index is 0.0195. The second-order valence-corrected chi connectivity index (χ2v) is 8.74. The number of carbonyl (C=O) groups is 2. The number of hydrogen-bond donors (Lipinski definition) is 1. The number of nitriles is 1. The van der Waals surface area contributed by atoms with Gasteiger partial charge in [-0.05, 0) is 30.7 Å². The van der Waals surface area contributed by atoms with E-state index in [9.17, 15) is 18.0 Å². The van der Waals surface area contributed by atoms with Crippen molar-refractivity contribution in [3.63, 3.8) is 0 Å². The van der Waals surface area contributed by atoms with Crippen LogP contribution in [-0.2, 0) is 9.84 Å². The van der Waals surface area contributed by atoms with Crippen molar-refractivity contribution in [1.82, 2.24) is 9.88 Å². The van der Waals surface area contributed by atoms with E-state index in [0.29, 0.717) is 17.7 Å². The maximum Gasteiger partial charge on any atom is 0.274 e. The fraction of sp³-hybridized carbons (Fsp3) is 0.263. The van der Waals surface area contributed by atoms with Crippen LogP contribution in [0.3, 0.4) is 0 Å². The number of carbonyl (C=O) groups excluding carboxylic acids is 2. The molecule has 0 spiro atoms. The number of pyridine rings is 1. The van der Waals surface area contributed by atoms with Crippen LogP contribution in [0.25, 0.3) is 0 Å². The third-order valence-electron chi connectivity index (χ3n) is 4.61. The molecule has 0 bridgehead atoms. The van der Waals surface area contributed by atoms with Gasteiger partial charge >= 0.3 is 0 Å². The van der Waals surface area contributed by atoms with E-state index in [4.69, 9.17) is 5.26 Å². The number of nitrogens with zero attached hydrogens (tertiary/aromatic N) is 3. The third kappa shape index (κ3) is 4.18. The summed E-state index contributed by atoms with van der Waals surface area (Å²) in [4.78, 5) is 30.6. The molecule has 28 heavy (non-hydrogen) atoms. The molecule has 1 aromatic heterocycles. The largest absolute Gasteiger partial charge is 0.338 e. The molecule has 3 rings (SSSR count). The molecule has 1 unspecified atom stereocenters. The van der Waals surface area contributed by atoms with Crippen LogP contribution in [0.5, 0.6) is 0 Å². The predicted octanol–water partition coefficient (Wildman–Crippen LogP) is 1.46. The summed E-state index contributed by atoms with van der Waals surface area (Å²) in [6.45, 7) is 0. The van der Waals surface area contributed by atoms with Crippen LogP contribution in [0.2, 0.25) is 0 Å². The molecule has 2 heterocycles. The molecule has 1 fully saturated rings. The van der Waals surface area contributed by atoms with Crippen molar-refractivity contribution in [1.29, 1.82) is 5.26 Å².